The molecule has 4 unspecified atom stereocenters. The number of hydrogen-bond donors (Lipinski definition) is 0. The van der Waals surface area contributed by atoms with E-state index in [1.165, 1.54) is 39.0 Å². The Morgan fingerprint density at radius 1 is 0.703 bits per heavy atom. The third-order valence-electron chi connectivity index (χ3n) is 8.95. The highest BCUT2D eigenvalue weighted by atomic mass is 14.6. The molecule has 1 aliphatic carbocycles. The molecule has 1 aliphatic rings. The van der Waals surface area contributed by atoms with E-state index in [0.717, 1.165) is 31.3 Å². The van der Waals surface area contributed by atoms with Gasteiger partial charge in [0.1, 0.15) is 0 Å². The SMILES string of the molecule is C=C(C)C=C1C(CC(C)CC)(c2ccc(C)cc2)c2cccc(c2)C1(CC(C)CC)c1ccc(C)cc1. The zero-order valence-corrected chi connectivity index (χ0v) is 24.2. The summed E-state index contributed by atoms with van der Waals surface area (Å²) >= 11 is 0. The van der Waals surface area contributed by atoms with Crippen molar-refractivity contribution in [2.75, 3.05) is 0 Å². The van der Waals surface area contributed by atoms with Crippen LogP contribution in [0.4, 0.5) is 0 Å². The first-order valence-electron chi connectivity index (χ1n) is 14.3. The van der Waals surface area contributed by atoms with E-state index < -0.39 is 0 Å². The Balaban J connectivity index is 2.19. The van der Waals surface area contributed by atoms with E-state index >= 15 is 0 Å². The van der Waals surface area contributed by atoms with Gasteiger partial charge >= 0.3 is 0 Å². The molecule has 3 aromatic rings. The van der Waals surface area contributed by atoms with Crippen LogP contribution in [-0.2, 0) is 10.8 Å². The first-order chi connectivity index (χ1) is 17.7. The van der Waals surface area contributed by atoms with E-state index in [9.17, 15) is 0 Å². The van der Waals surface area contributed by atoms with Gasteiger partial charge in [0, 0.05) is 10.8 Å². The summed E-state index contributed by atoms with van der Waals surface area (Å²) in [5.41, 5.74) is 10.5. The van der Waals surface area contributed by atoms with Crippen LogP contribution in [0.15, 0.2) is 96.6 Å². The molecule has 0 saturated carbocycles. The highest BCUT2D eigenvalue weighted by molar-refractivity contribution is 5.65. The highest BCUT2D eigenvalue weighted by Gasteiger charge is 2.53. The van der Waals surface area contributed by atoms with Crippen LogP contribution >= 0.6 is 0 Å². The Kier molecular flexibility index (Phi) is 7.98. The van der Waals surface area contributed by atoms with Crippen molar-refractivity contribution in [3.63, 3.8) is 0 Å². The number of allylic oxidation sites excluding steroid dienone is 3. The van der Waals surface area contributed by atoms with Crippen LogP contribution in [0.3, 0.4) is 0 Å². The van der Waals surface area contributed by atoms with Crippen molar-refractivity contribution in [1.82, 2.24) is 0 Å². The van der Waals surface area contributed by atoms with Crippen LogP contribution in [-0.4, -0.2) is 0 Å². The molecule has 0 heteroatoms. The minimum atomic E-state index is -0.214. The largest absolute Gasteiger partial charge is 0.0961 e. The molecule has 0 fully saturated rings. The fraction of sp³-hybridized carbons (Fsp3) is 0.405. The van der Waals surface area contributed by atoms with Crippen molar-refractivity contribution in [2.45, 2.75) is 85.0 Å². The van der Waals surface area contributed by atoms with E-state index in [2.05, 4.69) is 134 Å². The van der Waals surface area contributed by atoms with Gasteiger partial charge in [-0.3, -0.25) is 0 Å². The van der Waals surface area contributed by atoms with Gasteiger partial charge in [-0.2, -0.15) is 0 Å². The fourth-order valence-electron chi connectivity index (χ4n) is 6.56. The topological polar surface area (TPSA) is 0 Å². The van der Waals surface area contributed by atoms with Crippen LogP contribution in [0.1, 0.15) is 93.7 Å². The van der Waals surface area contributed by atoms with Crippen molar-refractivity contribution in [3.05, 3.63) is 130 Å². The number of benzene rings is 3. The zero-order chi connectivity index (χ0) is 26.8. The van der Waals surface area contributed by atoms with Gasteiger partial charge in [0.15, 0.2) is 0 Å². The molecule has 0 N–H and O–H groups in total. The Hall–Kier alpha value is -2.86. The predicted molar refractivity (Wildman–Crippen MR) is 161 cm³/mol. The summed E-state index contributed by atoms with van der Waals surface area (Å²) < 4.78 is 0. The molecule has 3 aromatic carbocycles. The van der Waals surface area contributed by atoms with Crippen LogP contribution in [0, 0.1) is 25.7 Å². The van der Waals surface area contributed by atoms with Gasteiger partial charge < -0.3 is 0 Å². The van der Waals surface area contributed by atoms with Crippen molar-refractivity contribution >= 4 is 0 Å². The minimum absolute atomic E-state index is 0.214. The summed E-state index contributed by atoms with van der Waals surface area (Å²) in [6.45, 7) is 20.5. The standard InChI is InChI=1S/C37H46/c1-9-27(5)24-36(31-18-14-29(7)15-19-31)33-12-11-13-34(23-33)37(25-28(6)10-2,35(36)22-26(3)4)32-20-16-30(8)17-21-32/h11-23,27-28H,3,9-10,24-25H2,1-2,4-8H3. The summed E-state index contributed by atoms with van der Waals surface area (Å²) in [6, 6.07) is 28.4. The molecule has 0 spiro atoms. The fourth-order valence-corrected chi connectivity index (χ4v) is 6.56. The van der Waals surface area contributed by atoms with E-state index in [0.29, 0.717) is 11.8 Å². The summed E-state index contributed by atoms with van der Waals surface area (Å²) in [5, 5.41) is 0. The number of rotatable bonds is 9. The van der Waals surface area contributed by atoms with Crippen LogP contribution in [0.5, 0.6) is 0 Å². The van der Waals surface area contributed by atoms with Gasteiger partial charge in [-0.1, -0.05) is 143 Å². The zero-order valence-electron chi connectivity index (χ0n) is 24.2. The molecule has 0 aliphatic heterocycles. The second-order valence-electron chi connectivity index (χ2n) is 12.0. The summed E-state index contributed by atoms with van der Waals surface area (Å²) in [7, 11) is 0. The smallest absolute Gasteiger partial charge is 0.0428 e. The van der Waals surface area contributed by atoms with E-state index in [-0.39, 0.29) is 10.8 Å². The molecule has 0 nitrogen and oxygen atoms in total. The highest BCUT2D eigenvalue weighted by Crippen LogP contribution is 2.60. The lowest BCUT2D eigenvalue weighted by atomic mass is 9.49. The molecular formula is C37H46. The lowest BCUT2D eigenvalue weighted by molar-refractivity contribution is 0.329. The first-order valence-corrected chi connectivity index (χ1v) is 14.3. The average Bonchev–Trinajstić information content (AvgIpc) is 2.89. The lowest BCUT2D eigenvalue weighted by Crippen LogP contribution is -2.47. The molecule has 0 saturated heterocycles. The van der Waals surface area contributed by atoms with Crippen molar-refractivity contribution < 1.29 is 0 Å². The monoisotopic (exact) mass is 490 g/mol. The molecule has 0 radical (unpaired) electrons. The third kappa shape index (κ3) is 4.88. The maximum absolute atomic E-state index is 4.46. The number of hydrogen-bond acceptors (Lipinski definition) is 0. The minimum Gasteiger partial charge on any atom is -0.0961 e. The van der Waals surface area contributed by atoms with Crippen LogP contribution in [0.25, 0.3) is 0 Å². The normalized spacial score (nSPS) is 22.4. The third-order valence-corrected chi connectivity index (χ3v) is 8.95. The summed E-state index contributed by atoms with van der Waals surface area (Å²) in [6.07, 6.45) is 6.96. The molecule has 194 valence electrons. The van der Waals surface area contributed by atoms with Crippen molar-refractivity contribution in [3.8, 4) is 0 Å². The summed E-state index contributed by atoms with van der Waals surface area (Å²) in [4.78, 5) is 0. The predicted octanol–water partition coefficient (Wildman–Crippen LogP) is 10.3. The average molecular weight is 491 g/mol. The van der Waals surface area contributed by atoms with E-state index in [1.807, 2.05) is 0 Å². The summed E-state index contributed by atoms with van der Waals surface area (Å²) in [5.74, 6) is 1.16. The van der Waals surface area contributed by atoms with Gasteiger partial charge in [-0.05, 0) is 73.3 Å². The first kappa shape index (κ1) is 27.2. The lowest BCUT2D eigenvalue weighted by Gasteiger charge is -2.53. The van der Waals surface area contributed by atoms with Gasteiger partial charge in [-0.15, -0.1) is 0 Å². The van der Waals surface area contributed by atoms with Gasteiger partial charge in [0.2, 0.25) is 0 Å². The van der Waals surface area contributed by atoms with Crippen LogP contribution in [0.2, 0.25) is 0 Å². The molecule has 4 rings (SSSR count). The maximum Gasteiger partial charge on any atom is 0.0428 e. The van der Waals surface area contributed by atoms with Gasteiger partial charge in [0.05, 0.1) is 0 Å². The Bertz CT molecular complexity index is 1170. The molecule has 0 amide bonds. The molecule has 37 heavy (non-hydrogen) atoms. The second kappa shape index (κ2) is 10.9. The molecule has 0 aromatic heterocycles. The van der Waals surface area contributed by atoms with Crippen LogP contribution < -0.4 is 0 Å². The van der Waals surface area contributed by atoms with Crippen molar-refractivity contribution in [2.24, 2.45) is 11.8 Å². The molecule has 0 heterocycles. The number of aryl methyl sites for hydroxylation is 2. The Labute approximate surface area is 226 Å². The van der Waals surface area contributed by atoms with Gasteiger partial charge in [-0.25, -0.2) is 0 Å². The Morgan fingerprint density at radius 3 is 1.46 bits per heavy atom. The maximum atomic E-state index is 4.46. The molecule has 2 bridgehead atoms. The van der Waals surface area contributed by atoms with E-state index in [4.69, 9.17) is 0 Å². The van der Waals surface area contributed by atoms with Crippen molar-refractivity contribution in [1.29, 1.82) is 0 Å². The molecule has 4 atom stereocenters. The molecular weight excluding hydrogens is 444 g/mol. The Morgan fingerprint density at radius 2 is 1.11 bits per heavy atom. The number of fused-ring (bicyclic) bond motifs is 2. The second-order valence-corrected chi connectivity index (χ2v) is 12.0. The quantitative estimate of drug-likeness (QED) is 0.280. The van der Waals surface area contributed by atoms with Gasteiger partial charge in [0.25, 0.3) is 0 Å². The van der Waals surface area contributed by atoms with E-state index in [1.54, 1.807) is 0 Å².